The van der Waals surface area contributed by atoms with Gasteiger partial charge >= 0.3 is 6.18 Å². The molecule has 2 heterocycles. The van der Waals surface area contributed by atoms with Crippen molar-refractivity contribution in [1.29, 1.82) is 0 Å². The third kappa shape index (κ3) is 4.22. The van der Waals surface area contributed by atoms with E-state index >= 15 is 0 Å². The van der Waals surface area contributed by atoms with Crippen molar-refractivity contribution in [3.8, 4) is 0 Å². The van der Waals surface area contributed by atoms with Gasteiger partial charge in [0.15, 0.2) is 21.3 Å². The van der Waals surface area contributed by atoms with Crippen molar-refractivity contribution >= 4 is 20.9 Å². The van der Waals surface area contributed by atoms with Crippen LogP contribution in [0.5, 0.6) is 0 Å². The van der Waals surface area contributed by atoms with Crippen LogP contribution in [0.4, 0.5) is 13.2 Å². The van der Waals surface area contributed by atoms with Crippen LogP contribution in [0.1, 0.15) is 36.3 Å². The number of fused-ring (bicyclic) bond motifs is 1. The van der Waals surface area contributed by atoms with Crippen molar-refractivity contribution in [2.24, 2.45) is 0 Å². The highest BCUT2D eigenvalue weighted by Gasteiger charge is 2.31. The van der Waals surface area contributed by atoms with E-state index in [1.807, 2.05) is 0 Å². The Hall–Kier alpha value is -2.39. The molecule has 0 spiro atoms. The summed E-state index contributed by atoms with van der Waals surface area (Å²) in [5.41, 5.74) is 1.22. The fourth-order valence-corrected chi connectivity index (χ4v) is 4.59. The third-order valence-electron chi connectivity index (χ3n) is 5.42. The number of sulfone groups is 1. The summed E-state index contributed by atoms with van der Waals surface area (Å²) >= 11 is 0. The maximum absolute atomic E-state index is 12.7. The van der Waals surface area contributed by atoms with Gasteiger partial charge in [-0.05, 0) is 48.9 Å². The van der Waals surface area contributed by atoms with Gasteiger partial charge in [-0.3, -0.25) is 4.90 Å². The van der Waals surface area contributed by atoms with Crippen LogP contribution in [0.3, 0.4) is 0 Å². The summed E-state index contributed by atoms with van der Waals surface area (Å²) in [4.78, 5) is 6.88. The number of aromatic nitrogens is 1. The van der Waals surface area contributed by atoms with E-state index in [0.29, 0.717) is 30.1 Å². The highest BCUT2D eigenvalue weighted by atomic mass is 32.2. The van der Waals surface area contributed by atoms with Crippen LogP contribution in [0.15, 0.2) is 51.8 Å². The van der Waals surface area contributed by atoms with Gasteiger partial charge in [-0.1, -0.05) is 19.1 Å². The van der Waals surface area contributed by atoms with Gasteiger partial charge in [-0.25, -0.2) is 13.4 Å². The number of halogens is 3. The molecule has 0 amide bonds. The number of oxazole rings is 1. The minimum atomic E-state index is -4.33. The largest absolute Gasteiger partial charge is 0.440 e. The second kappa shape index (κ2) is 7.70. The maximum Gasteiger partial charge on any atom is 0.416 e. The van der Waals surface area contributed by atoms with Crippen molar-refractivity contribution < 1.29 is 26.0 Å². The normalized spacial score (nSPS) is 18.3. The lowest BCUT2D eigenvalue weighted by Crippen LogP contribution is -2.20. The fraction of sp³-hybridized carbons (Fsp3) is 0.381. The summed E-state index contributed by atoms with van der Waals surface area (Å²) in [6.07, 6.45) is -3.52. The SMILES string of the molecule is CCS(=O)(=O)c1ccc2oc([C@H]3CCN(Cc4ccc(C(F)(F)F)cc4)C3)nc2c1. The summed E-state index contributed by atoms with van der Waals surface area (Å²) in [7, 11) is -3.32. The van der Waals surface area contributed by atoms with Crippen LogP contribution in [-0.2, 0) is 22.6 Å². The molecule has 0 N–H and O–H groups in total. The quantitative estimate of drug-likeness (QED) is 0.581. The van der Waals surface area contributed by atoms with Gasteiger partial charge in [0, 0.05) is 19.0 Å². The number of hydrogen-bond donors (Lipinski definition) is 0. The maximum atomic E-state index is 12.7. The zero-order chi connectivity index (χ0) is 21.5. The van der Waals surface area contributed by atoms with Gasteiger partial charge in [0.05, 0.1) is 16.2 Å². The monoisotopic (exact) mass is 438 g/mol. The molecular formula is C21H21F3N2O3S. The summed E-state index contributed by atoms with van der Waals surface area (Å²) in [6, 6.07) is 9.91. The van der Waals surface area contributed by atoms with Crippen LogP contribution in [0.25, 0.3) is 11.1 Å². The van der Waals surface area contributed by atoms with Crippen LogP contribution in [0.2, 0.25) is 0 Å². The van der Waals surface area contributed by atoms with Crippen molar-refractivity contribution in [3.63, 3.8) is 0 Å². The average molecular weight is 438 g/mol. The van der Waals surface area contributed by atoms with Gasteiger partial charge in [0.25, 0.3) is 0 Å². The topological polar surface area (TPSA) is 63.4 Å². The first kappa shape index (κ1) is 20.9. The lowest BCUT2D eigenvalue weighted by Gasteiger charge is -2.16. The summed E-state index contributed by atoms with van der Waals surface area (Å²) in [5, 5.41) is 0. The molecule has 1 saturated heterocycles. The molecule has 5 nitrogen and oxygen atoms in total. The molecule has 0 unspecified atom stereocenters. The summed E-state index contributed by atoms with van der Waals surface area (Å²) in [6.45, 7) is 3.60. The highest BCUT2D eigenvalue weighted by molar-refractivity contribution is 7.91. The van der Waals surface area contributed by atoms with Crippen LogP contribution >= 0.6 is 0 Å². The van der Waals surface area contributed by atoms with Crippen molar-refractivity contribution in [3.05, 3.63) is 59.5 Å². The molecule has 3 aromatic rings. The minimum absolute atomic E-state index is 0.0186. The summed E-state index contributed by atoms with van der Waals surface area (Å²) in [5.74, 6) is 0.633. The van der Waals surface area contributed by atoms with Gasteiger partial charge < -0.3 is 4.42 Å². The average Bonchev–Trinajstić information content (AvgIpc) is 3.33. The van der Waals surface area contributed by atoms with E-state index in [-0.39, 0.29) is 16.6 Å². The molecule has 0 bridgehead atoms. The van der Waals surface area contributed by atoms with E-state index in [9.17, 15) is 21.6 Å². The molecule has 30 heavy (non-hydrogen) atoms. The van der Waals surface area contributed by atoms with Crippen molar-refractivity contribution in [2.45, 2.75) is 36.9 Å². The Balaban J connectivity index is 1.46. The standard InChI is InChI=1S/C21H21F3N2O3S/c1-2-30(27,28)17-7-8-19-18(11-17)25-20(29-19)15-9-10-26(13-15)12-14-3-5-16(6-4-14)21(22,23)24/h3-8,11,15H,2,9-10,12-13H2,1H3/t15-/m0/s1. The molecule has 160 valence electrons. The van der Waals surface area contributed by atoms with Gasteiger partial charge in [0.1, 0.15) is 5.52 Å². The van der Waals surface area contributed by atoms with E-state index in [1.54, 1.807) is 13.0 Å². The van der Waals surface area contributed by atoms with Crippen LogP contribution < -0.4 is 0 Å². The van der Waals surface area contributed by atoms with Crippen molar-refractivity contribution in [1.82, 2.24) is 9.88 Å². The molecule has 9 heteroatoms. The van der Waals surface area contributed by atoms with E-state index < -0.39 is 21.6 Å². The number of nitrogens with zero attached hydrogens (tertiary/aromatic N) is 2. The summed E-state index contributed by atoms with van der Waals surface area (Å²) < 4.78 is 68.1. The molecule has 0 saturated carbocycles. The molecular weight excluding hydrogens is 417 g/mol. The van der Waals surface area contributed by atoms with Gasteiger partial charge in [0.2, 0.25) is 0 Å². The number of rotatable bonds is 5. The molecule has 0 radical (unpaired) electrons. The molecule has 1 atom stereocenters. The minimum Gasteiger partial charge on any atom is -0.440 e. The zero-order valence-corrected chi connectivity index (χ0v) is 17.1. The second-order valence-corrected chi connectivity index (χ2v) is 9.78. The first-order valence-electron chi connectivity index (χ1n) is 9.67. The Morgan fingerprint density at radius 3 is 2.57 bits per heavy atom. The van der Waals surface area contributed by atoms with E-state index in [4.69, 9.17) is 4.42 Å². The van der Waals surface area contributed by atoms with Gasteiger partial charge in [-0.2, -0.15) is 13.2 Å². The number of alkyl halides is 3. The second-order valence-electron chi connectivity index (χ2n) is 7.50. The molecule has 2 aromatic carbocycles. The molecule has 1 aliphatic heterocycles. The number of likely N-dealkylation sites (tertiary alicyclic amines) is 1. The Kier molecular flexibility index (Phi) is 5.36. The van der Waals surface area contributed by atoms with E-state index in [1.165, 1.54) is 24.3 Å². The van der Waals surface area contributed by atoms with E-state index in [0.717, 1.165) is 30.7 Å². The Bertz CT molecular complexity index is 1150. The molecule has 1 fully saturated rings. The van der Waals surface area contributed by atoms with Crippen LogP contribution in [-0.4, -0.2) is 37.1 Å². The van der Waals surface area contributed by atoms with Gasteiger partial charge in [-0.15, -0.1) is 0 Å². The predicted molar refractivity (Wildman–Crippen MR) is 106 cm³/mol. The third-order valence-corrected chi connectivity index (χ3v) is 7.16. The van der Waals surface area contributed by atoms with Crippen molar-refractivity contribution in [2.75, 3.05) is 18.8 Å². The van der Waals surface area contributed by atoms with Crippen LogP contribution in [0, 0.1) is 0 Å². The predicted octanol–water partition coefficient (Wildman–Crippen LogP) is 4.63. The first-order chi connectivity index (χ1) is 14.2. The highest BCUT2D eigenvalue weighted by Crippen LogP contribution is 2.32. The number of benzene rings is 2. The molecule has 1 aliphatic rings. The first-order valence-corrected chi connectivity index (χ1v) is 11.3. The number of hydrogen-bond acceptors (Lipinski definition) is 5. The molecule has 1 aromatic heterocycles. The fourth-order valence-electron chi connectivity index (χ4n) is 3.69. The lowest BCUT2D eigenvalue weighted by molar-refractivity contribution is -0.137. The van der Waals surface area contributed by atoms with E-state index in [2.05, 4.69) is 9.88 Å². The zero-order valence-electron chi connectivity index (χ0n) is 16.3. The molecule has 0 aliphatic carbocycles. The Morgan fingerprint density at radius 1 is 1.17 bits per heavy atom. The Labute approximate surface area is 172 Å². The molecule has 4 rings (SSSR count). The lowest BCUT2D eigenvalue weighted by atomic mass is 10.1. The smallest absolute Gasteiger partial charge is 0.416 e. The Morgan fingerprint density at radius 2 is 1.90 bits per heavy atom.